The van der Waals surface area contributed by atoms with E-state index in [-0.39, 0.29) is 0 Å². The zero-order valence-corrected chi connectivity index (χ0v) is 14.1. The van der Waals surface area contributed by atoms with E-state index in [0.29, 0.717) is 18.4 Å². The van der Waals surface area contributed by atoms with Gasteiger partial charge in [-0.2, -0.15) is 0 Å². The van der Waals surface area contributed by atoms with Gasteiger partial charge >= 0.3 is 5.97 Å². The van der Waals surface area contributed by atoms with Gasteiger partial charge in [0, 0.05) is 5.56 Å². The van der Waals surface area contributed by atoms with Crippen LogP contribution in [0.15, 0.2) is 35.4 Å². The first-order valence-corrected chi connectivity index (χ1v) is 7.84. The van der Waals surface area contributed by atoms with Gasteiger partial charge in [0.15, 0.2) is 0 Å². The van der Waals surface area contributed by atoms with Crippen LogP contribution in [0.4, 0.5) is 0 Å². The Morgan fingerprint density at radius 2 is 1.62 bits per heavy atom. The highest BCUT2D eigenvalue weighted by molar-refractivity contribution is 5.96. The van der Waals surface area contributed by atoms with Crippen LogP contribution < -0.4 is 10.9 Å². The van der Waals surface area contributed by atoms with Crippen molar-refractivity contribution in [1.82, 2.24) is 10.9 Å². The van der Waals surface area contributed by atoms with E-state index >= 15 is 0 Å². The summed E-state index contributed by atoms with van der Waals surface area (Å²) < 4.78 is 0. The minimum absolute atomic E-state index is 0.352. The van der Waals surface area contributed by atoms with Gasteiger partial charge in [-0.25, -0.2) is 0 Å². The molecule has 1 aromatic carbocycles. The highest BCUT2D eigenvalue weighted by atomic mass is 16.4. The normalized spacial score (nSPS) is 20.5. The largest absolute Gasteiger partial charge is 0.481 e. The Balaban J connectivity index is 2.03. The molecule has 0 saturated heterocycles. The summed E-state index contributed by atoms with van der Waals surface area (Å²) in [5, 5.41) is 9.36. The van der Waals surface area contributed by atoms with Crippen LogP contribution >= 0.6 is 0 Å². The summed E-state index contributed by atoms with van der Waals surface area (Å²) in [4.78, 5) is 35.8. The standard InChI is InChI=1S/C18H22N2O4/c1-10-5-4-6-13(7-10)16(21)19-20-17(22)14-8-11(2)12(3)9-15(14)18(23)24/h4-7,14-15H,8-9H2,1-3H3,(H,19,21)(H,20,22)(H,23,24)/t14-,15-/m1/s1. The summed E-state index contributed by atoms with van der Waals surface area (Å²) in [6.07, 6.45) is 0.736. The quantitative estimate of drug-likeness (QED) is 0.585. The summed E-state index contributed by atoms with van der Waals surface area (Å²) >= 11 is 0. The van der Waals surface area contributed by atoms with Gasteiger partial charge in [-0.3, -0.25) is 25.2 Å². The van der Waals surface area contributed by atoms with E-state index in [0.717, 1.165) is 16.7 Å². The number of hydrogen-bond donors (Lipinski definition) is 3. The molecule has 0 heterocycles. The molecular formula is C18H22N2O4. The number of carbonyl (C=O) groups is 3. The SMILES string of the molecule is CC1=C(C)C[C@@H](C(=O)NNC(=O)c2cccc(C)c2)[C@H](C(=O)O)C1. The first kappa shape index (κ1) is 17.7. The van der Waals surface area contributed by atoms with Crippen LogP contribution in [0, 0.1) is 18.8 Å². The highest BCUT2D eigenvalue weighted by Crippen LogP contribution is 2.34. The molecule has 0 aliphatic heterocycles. The van der Waals surface area contributed by atoms with Gasteiger partial charge in [-0.1, -0.05) is 28.8 Å². The maximum atomic E-state index is 12.4. The lowest BCUT2D eigenvalue weighted by Crippen LogP contribution is -2.48. The van der Waals surface area contributed by atoms with Crippen molar-refractivity contribution in [2.45, 2.75) is 33.6 Å². The van der Waals surface area contributed by atoms with Crippen LogP contribution in [0.1, 0.15) is 42.6 Å². The second-order valence-electron chi connectivity index (χ2n) is 6.33. The van der Waals surface area contributed by atoms with Crippen LogP contribution in [0.3, 0.4) is 0 Å². The van der Waals surface area contributed by atoms with Gasteiger partial charge in [0.05, 0.1) is 11.8 Å². The van der Waals surface area contributed by atoms with Crippen LogP contribution in [-0.4, -0.2) is 22.9 Å². The highest BCUT2D eigenvalue weighted by Gasteiger charge is 2.37. The monoisotopic (exact) mass is 330 g/mol. The van der Waals surface area contributed by atoms with Gasteiger partial charge in [0.2, 0.25) is 5.91 Å². The number of nitrogens with one attached hydrogen (secondary N) is 2. The third kappa shape index (κ3) is 4.01. The fourth-order valence-corrected chi connectivity index (χ4v) is 2.90. The molecule has 3 N–H and O–H groups in total. The van der Waals surface area contributed by atoms with Crippen LogP contribution in [0.5, 0.6) is 0 Å². The molecule has 1 aliphatic carbocycles. The van der Waals surface area contributed by atoms with Crippen LogP contribution in [0.25, 0.3) is 0 Å². The van der Waals surface area contributed by atoms with E-state index in [1.54, 1.807) is 18.2 Å². The molecular weight excluding hydrogens is 308 g/mol. The Labute approximate surface area is 140 Å². The maximum Gasteiger partial charge on any atom is 0.307 e. The van der Waals surface area contributed by atoms with E-state index in [2.05, 4.69) is 10.9 Å². The van der Waals surface area contributed by atoms with Crippen LogP contribution in [-0.2, 0) is 9.59 Å². The Morgan fingerprint density at radius 3 is 2.21 bits per heavy atom. The molecule has 2 rings (SSSR count). The van der Waals surface area contributed by atoms with E-state index in [1.165, 1.54) is 0 Å². The lowest BCUT2D eigenvalue weighted by Gasteiger charge is -2.29. The third-order valence-corrected chi connectivity index (χ3v) is 4.50. The second kappa shape index (κ2) is 7.29. The number of aryl methyl sites for hydroxylation is 1. The number of hydrazine groups is 1. The number of benzene rings is 1. The molecule has 6 heteroatoms. The summed E-state index contributed by atoms with van der Waals surface area (Å²) in [5.74, 6) is -3.37. The number of carbonyl (C=O) groups excluding carboxylic acids is 2. The molecule has 0 unspecified atom stereocenters. The third-order valence-electron chi connectivity index (χ3n) is 4.50. The molecule has 0 aromatic heterocycles. The van der Waals surface area contributed by atoms with E-state index in [9.17, 15) is 19.5 Å². The molecule has 2 amide bonds. The second-order valence-corrected chi connectivity index (χ2v) is 6.33. The summed E-state index contributed by atoms with van der Waals surface area (Å²) in [7, 11) is 0. The Hall–Kier alpha value is -2.63. The number of carboxylic acids is 1. The molecule has 0 bridgehead atoms. The molecule has 0 saturated carbocycles. The molecule has 2 atom stereocenters. The zero-order valence-electron chi connectivity index (χ0n) is 14.1. The topological polar surface area (TPSA) is 95.5 Å². The average Bonchev–Trinajstić information content (AvgIpc) is 2.54. The van der Waals surface area contributed by atoms with Gasteiger partial charge in [0.1, 0.15) is 0 Å². The predicted molar refractivity (Wildman–Crippen MR) is 89.0 cm³/mol. The van der Waals surface area contributed by atoms with Gasteiger partial charge in [0.25, 0.3) is 5.91 Å². The first-order chi connectivity index (χ1) is 11.3. The Morgan fingerprint density at radius 1 is 1.00 bits per heavy atom. The molecule has 1 aliphatic rings. The van der Waals surface area contributed by atoms with Crippen molar-refractivity contribution in [3.63, 3.8) is 0 Å². The molecule has 0 radical (unpaired) electrons. The molecule has 0 fully saturated rings. The summed E-state index contributed by atoms with van der Waals surface area (Å²) in [5.41, 5.74) is 8.13. The van der Waals surface area contributed by atoms with Crippen molar-refractivity contribution in [2.24, 2.45) is 11.8 Å². The van der Waals surface area contributed by atoms with Crippen molar-refractivity contribution in [3.05, 3.63) is 46.5 Å². The fourth-order valence-electron chi connectivity index (χ4n) is 2.90. The minimum Gasteiger partial charge on any atom is -0.481 e. The summed E-state index contributed by atoms with van der Waals surface area (Å²) in [6, 6.07) is 6.97. The van der Waals surface area contributed by atoms with Gasteiger partial charge in [-0.15, -0.1) is 0 Å². The predicted octanol–water partition coefficient (Wildman–Crippen LogP) is 2.20. The first-order valence-electron chi connectivity index (χ1n) is 7.84. The number of rotatable bonds is 3. The molecule has 1 aromatic rings. The van der Waals surface area contributed by atoms with E-state index < -0.39 is 29.6 Å². The molecule has 128 valence electrons. The maximum absolute atomic E-state index is 12.4. The number of aliphatic carboxylic acids is 1. The molecule has 24 heavy (non-hydrogen) atoms. The number of allylic oxidation sites excluding steroid dienone is 2. The zero-order chi connectivity index (χ0) is 17.9. The summed E-state index contributed by atoms with van der Waals surface area (Å²) in [6.45, 7) is 5.66. The lowest BCUT2D eigenvalue weighted by molar-refractivity contribution is -0.147. The minimum atomic E-state index is -0.994. The van der Waals surface area contributed by atoms with Crippen molar-refractivity contribution >= 4 is 17.8 Å². The fraction of sp³-hybridized carbons (Fsp3) is 0.389. The van der Waals surface area contributed by atoms with Gasteiger partial charge < -0.3 is 5.11 Å². The van der Waals surface area contributed by atoms with E-state index in [1.807, 2.05) is 26.8 Å². The van der Waals surface area contributed by atoms with Crippen LogP contribution in [0.2, 0.25) is 0 Å². The Kier molecular flexibility index (Phi) is 5.39. The number of amides is 2. The lowest BCUT2D eigenvalue weighted by atomic mass is 9.76. The van der Waals surface area contributed by atoms with Gasteiger partial charge in [-0.05, 0) is 45.7 Å². The van der Waals surface area contributed by atoms with Crippen molar-refractivity contribution < 1.29 is 19.5 Å². The number of hydrogen-bond acceptors (Lipinski definition) is 3. The van der Waals surface area contributed by atoms with Crippen molar-refractivity contribution in [3.8, 4) is 0 Å². The number of carboxylic acid groups (broad SMARTS) is 1. The molecule has 6 nitrogen and oxygen atoms in total. The van der Waals surface area contributed by atoms with Crippen molar-refractivity contribution in [1.29, 1.82) is 0 Å². The van der Waals surface area contributed by atoms with E-state index in [4.69, 9.17) is 0 Å². The Bertz CT molecular complexity index is 709. The van der Waals surface area contributed by atoms with Crippen molar-refractivity contribution in [2.75, 3.05) is 0 Å². The smallest absolute Gasteiger partial charge is 0.307 e. The average molecular weight is 330 g/mol. The molecule has 0 spiro atoms.